The van der Waals surface area contributed by atoms with Gasteiger partial charge in [0.1, 0.15) is 12.4 Å². The van der Waals surface area contributed by atoms with Crippen molar-refractivity contribution in [3.8, 4) is 11.5 Å². The smallest absolute Gasteiger partial charge is 0.308 e. The van der Waals surface area contributed by atoms with Crippen LogP contribution < -0.4 is 14.4 Å². The van der Waals surface area contributed by atoms with Gasteiger partial charge in [0.25, 0.3) is 0 Å². The highest BCUT2D eigenvalue weighted by Gasteiger charge is 2.16. The van der Waals surface area contributed by atoms with Gasteiger partial charge in [-0.25, -0.2) is 4.98 Å². The predicted molar refractivity (Wildman–Crippen MR) is 138 cm³/mol. The molecule has 0 spiro atoms. The van der Waals surface area contributed by atoms with Crippen LogP contribution in [0.4, 0.5) is 5.82 Å². The van der Waals surface area contributed by atoms with Gasteiger partial charge in [-0.05, 0) is 42.7 Å². The first-order chi connectivity index (χ1) is 16.6. The van der Waals surface area contributed by atoms with Gasteiger partial charge in [-0.2, -0.15) is 0 Å². The minimum absolute atomic E-state index is 0.213. The number of aromatic nitrogens is 1. The number of benzene rings is 1. The molecular formula is C28H42N2O4. The van der Waals surface area contributed by atoms with Crippen molar-refractivity contribution < 1.29 is 19.0 Å². The van der Waals surface area contributed by atoms with E-state index in [1.165, 1.54) is 45.6 Å². The van der Waals surface area contributed by atoms with E-state index in [1.54, 1.807) is 7.11 Å². The fourth-order valence-electron chi connectivity index (χ4n) is 4.01. The molecule has 0 amide bonds. The molecular weight excluding hydrogens is 428 g/mol. The molecule has 0 saturated carbocycles. The SMILES string of the molecule is CCCCCCCCCN(CCOc1cc(CC(C)C(=O)OC)ccc1OC)c1ccccn1. The minimum Gasteiger partial charge on any atom is -0.493 e. The van der Waals surface area contributed by atoms with E-state index in [-0.39, 0.29) is 11.9 Å². The molecule has 34 heavy (non-hydrogen) atoms. The molecule has 6 nitrogen and oxygen atoms in total. The van der Waals surface area contributed by atoms with Crippen molar-refractivity contribution in [2.75, 3.05) is 38.8 Å². The first kappa shape index (κ1) is 27.5. The fourth-order valence-corrected chi connectivity index (χ4v) is 4.01. The molecule has 0 N–H and O–H groups in total. The van der Waals surface area contributed by atoms with Crippen molar-refractivity contribution in [2.24, 2.45) is 5.92 Å². The molecule has 1 atom stereocenters. The summed E-state index contributed by atoms with van der Waals surface area (Å²) in [5.41, 5.74) is 1.01. The molecule has 0 aliphatic carbocycles. The van der Waals surface area contributed by atoms with Gasteiger partial charge in [0.2, 0.25) is 0 Å². The normalized spacial score (nSPS) is 11.6. The van der Waals surface area contributed by atoms with Crippen LogP contribution in [0.1, 0.15) is 64.4 Å². The Morgan fingerprint density at radius 2 is 1.74 bits per heavy atom. The summed E-state index contributed by atoms with van der Waals surface area (Å²) in [7, 11) is 3.06. The highest BCUT2D eigenvalue weighted by molar-refractivity contribution is 5.72. The second kappa shape index (κ2) is 16.0. The Balaban J connectivity index is 1.94. The Kier molecular flexibility index (Phi) is 12.9. The quantitative estimate of drug-likeness (QED) is 0.206. The highest BCUT2D eigenvalue weighted by atomic mass is 16.5. The van der Waals surface area contributed by atoms with Crippen LogP contribution in [0.5, 0.6) is 11.5 Å². The number of hydrogen-bond acceptors (Lipinski definition) is 6. The van der Waals surface area contributed by atoms with Crippen molar-refractivity contribution in [2.45, 2.75) is 65.2 Å². The molecule has 0 aliphatic rings. The highest BCUT2D eigenvalue weighted by Crippen LogP contribution is 2.29. The number of esters is 1. The maximum Gasteiger partial charge on any atom is 0.308 e. The Morgan fingerprint density at radius 3 is 2.41 bits per heavy atom. The summed E-state index contributed by atoms with van der Waals surface area (Å²) in [6.45, 7) is 6.33. The zero-order chi connectivity index (χ0) is 24.6. The molecule has 0 saturated heterocycles. The number of nitrogens with zero attached hydrogens (tertiary/aromatic N) is 2. The van der Waals surface area contributed by atoms with Crippen molar-refractivity contribution >= 4 is 11.8 Å². The molecule has 0 bridgehead atoms. The Hall–Kier alpha value is -2.76. The molecule has 2 rings (SSSR count). The summed E-state index contributed by atoms with van der Waals surface area (Å²) in [5.74, 6) is 1.92. The van der Waals surface area contributed by atoms with E-state index in [4.69, 9.17) is 14.2 Å². The number of rotatable bonds is 17. The van der Waals surface area contributed by atoms with E-state index in [9.17, 15) is 4.79 Å². The summed E-state index contributed by atoms with van der Waals surface area (Å²) in [4.78, 5) is 18.6. The average molecular weight is 471 g/mol. The second-order valence-corrected chi connectivity index (χ2v) is 8.76. The van der Waals surface area contributed by atoms with Crippen LogP contribution in [-0.2, 0) is 16.0 Å². The van der Waals surface area contributed by atoms with Crippen LogP contribution in [0.2, 0.25) is 0 Å². The van der Waals surface area contributed by atoms with Crippen molar-refractivity contribution in [1.29, 1.82) is 0 Å². The van der Waals surface area contributed by atoms with Crippen LogP contribution >= 0.6 is 0 Å². The van der Waals surface area contributed by atoms with Crippen LogP contribution in [0, 0.1) is 5.92 Å². The number of carbonyl (C=O) groups is 1. The largest absolute Gasteiger partial charge is 0.493 e. The molecule has 1 unspecified atom stereocenters. The summed E-state index contributed by atoms with van der Waals surface area (Å²) in [6, 6.07) is 11.8. The minimum atomic E-state index is -0.215. The van der Waals surface area contributed by atoms with Gasteiger partial charge in [-0.1, -0.05) is 64.5 Å². The third kappa shape index (κ3) is 9.62. The predicted octanol–water partition coefficient (Wildman–Crippen LogP) is 6.08. The number of methoxy groups -OCH3 is 2. The van der Waals surface area contributed by atoms with E-state index in [0.29, 0.717) is 24.5 Å². The first-order valence-electron chi connectivity index (χ1n) is 12.6. The van der Waals surface area contributed by atoms with E-state index < -0.39 is 0 Å². The van der Waals surface area contributed by atoms with Gasteiger partial charge in [-0.15, -0.1) is 0 Å². The van der Waals surface area contributed by atoms with Gasteiger partial charge in [-0.3, -0.25) is 4.79 Å². The monoisotopic (exact) mass is 470 g/mol. The van der Waals surface area contributed by atoms with E-state index >= 15 is 0 Å². The molecule has 188 valence electrons. The van der Waals surface area contributed by atoms with Crippen LogP contribution in [0.25, 0.3) is 0 Å². The molecule has 2 aromatic rings. The third-order valence-electron chi connectivity index (χ3n) is 6.00. The van der Waals surface area contributed by atoms with Gasteiger partial charge < -0.3 is 19.1 Å². The van der Waals surface area contributed by atoms with Gasteiger partial charge in [0.05, 0.1) is 26.7 Å². The number of ether oxygens (including phenoxy) is 3. The summed E-state index contributed by atoms with van der Waals surface area (Å²) in [5, 5.41) is 0. The molecule has 0 aliphatic heterocycles. The molecule has 1 heterocycles. The molecule has 0 fully saturated rings. The van der Waals surface area contributed by atoms with E-state index in [0.717, 1.165) is 30.9 Å². The number of pyridine rings is 1. The second-order valence-electron chi connectivity index (χ2n) is 8.76. The lowest BCUT2D eigenvalue weighted by molar-refractivity contribution is -0.144. The fraction of sp³-hybridized carbons (Fsp3) is 0.571. The average Bonchev–Trinajstić information content (AvgIpc) is 2.87. The van der Waals surface area contributed by atoms with E-state index in [2.05, 4.69) is 22.9 Å². The summed E-state index contributed by atoms with van der Waals surface area (Å²) < 4.78 is 16.5. The Labute approximate surface area is 205 Å². The topological polar surface area (TPSA) is 60.9 Å². The maximum absolute atomic E-state index is 11.8. The van der Waals surface area contributed by atoms with E-state index in [1.807, 2.05) is 43.5 Å². The van der Waals surface area contributed by atoms with Gasteiger partial charge >= 0.3 is 5.97 Å². The zero-order valence-electron chi connectivity index (χ0n) is 21.4. The molecule has 1 aromatic heterocycles. The lowest BCUT2D eigenvalue weighted by atomic mass is 10.0. The van der Waals surface area contributed by atoms with Crippen LogP contribution in [0.15, 0.2) is 42.6 Å². The zero-order valence-corrected chi connectivity index (χ0v) is 21.4. The van der Waals surface area contributed by atoms with Crippen molar-refractivity contribution in [3.63, 3.8) is 0 Å². The number of unbranched alkanes of at least 4 members (excludes halogenated alkanes) is 6. The Morgan fingerprint density at radius 1 is 0.971 bits per heavy atom. The summed E-state index contributed by atoms with van der Waals surface area (Å²) >= 11 is 0. The van der Waals surface area contributed by atoms with Crippen LogP contribution in [0.3, 0.4) is 0 Å². The first-order valence-corrected chi connectivity index (χ1v) is 12.6. The lowest BCUT2D eigenvalue weighted by Crippen LogP contribution is -2.30. The number of anilines is 1. The van der Waals surface area contributed by atoms with Gasteiger partial charge in [0, 0.05) is 12.7 Å². The third-order valence-corrected chi connectivity index (χ3v) is 6.00. The molecule has 1 aromatic carbocycles. The molecule has 0 radical (unpaired) electrons. The number of hydrogen-bond donors (Lipinski definition) is 0. The lowest BCUT2D eigenvalue weighted by Gasteiger charge is -2.24. The van der Waals surface area contributed by atoms with Crippen molar-refractivity contribution in [3.05, 3.63) is 48.2 Å². The van der Waals surface area contributed by atoms with Crippen LogP contribution in [-0.4, -0.2) is 44.9 Å². The standard InChI is InChI=1S/C28H42N2O4/c1-5-6-7-8-9-10-13-18-30(27-14-11-12-17-29-27)19-20-34-26-22-24(15-16-25(26)32-3)21-23(2)28(31)33-4/h11-12,14-17,22-23H,5-10,13,18-21H2,1-4H3. The van der Waals surface area contributed by atoms with Crippen molar-refractivity contribution in [1.82, 2.24) is 4.98 Å². The summed E-state index contributed by atoms with van der Waals surface area (Å²) in [6.07, 6.45) is 11.4. The molecule has 6 heteroatoms. The number of carbonyl (C=O) groups excluding carboxylic acids is 1. The maximum atomic E-state index is 11.8. The van der Waals surface area contributed by atoms with Gasteiger partial charge in [0.15, 0.2) is 11.5 Å². The Bertz CT molecular complexity index is 828.